The van der Waals surface area contributed by atoms with Crippen LogP contribution in [0.1, 0.15) is 18.4 Å². The Bertz CT molecular complexity index is 615. The molecule has 2 heterocycles. The highest BCUT2D eigenvalue weighted by Gasteiger charge is 2.25. The van der Waals surface area contributed by atoms with Crippen LogP contribution >= 0.6 is 0 Å². The standard InChI is InChI=1S/C19H25N3O3/c20-13-17-2-1-3-18(12-17)25-15-19(23)22-6-4-16(5-7-22)14-21-8-10-24-11-9-21/h1-3,12,16H,4-11,14-15H2. The number of nitrogens with zero attached hydrogens (tertiary/aromatic N) is 3. The van der Waals surface area contributed by atoms with E-state index in [4.69, 9.17) is 14.7 Å². The Balaban J connectivity index is 1.39. The molecule has 1 aromatic rings. The van der Waals surface area contributed by atoms with E-state index in [1.807, 2.05) is 4.90 Å². The van der Waals surface area contributed by atoms with Gasteiger partial charge in [0, 0.05) is 32.7 Å². The van der Waals surface area contributed by atoms with Crippen LogP contribution in [0.25, 0.3) is 0 Å². The zero-order chi connectivity index (χ0) is 17.5. The molecule has 6 nitrogen and oxygen atoms in total. The van der Waals surface area contributed by atoms with Crippen LogP contribution in [0.4, 0.5) is 0 Å². The van der Waals surface area contributed by atoms with E-state index >= 15 is 0 Å². The van der Waals surface area contributed by atoms with Gasteiger partial charge in [0.25, 0.3) is 5.91 Å². The third-order valence-corrected chi connectivity index (χ3v) is 4.91. The van der Waals surface area contributed by atoms with Gasteiger partial charge < -0.3 is 14.4 Å². The predicted molar refractivity (Wildman–Crippen MR) is 93.2 cm³/mol. The molecule has 0 saturated carbocycles. The molecular formula is C19H25N3O3. The highest BCUT2D eigenvalue weighted by atomic mass is 16.5. The zero-order valence-electron chi connectivity index (χ0n) is 14.5. The lowest BCUT2D eigenvalue weighted by molar-refractivity contribution is -0.134. The van der Waals surface area contributed by atoms with Crippen molar-refractivity contribution in [3.8, 4) is 11.8 Å². The van der Waals surface area contributed by atoms with Gasteiger partial charge in [-0.05, 0) is 37.0 Å². The lowest BCUT2D eigenvalue weighted by Gasteiger charge is -2.36. The largest absolute Gasteiger partial charge is 0.484 e. The van der Waals surface area contributed by atoms with E-state index in [0.717, 1.165) is 58.8 Å². The van der Waals surface area contributed by atoms with Crippen LogP contribution in [0.15, 0.2) is 24.3 Å². The molecule has 2 aliphatic heterocycles. The van der Waals surface area contributed by atoms with E-state index in [9.17, 15) is 4.79 Å². The van der Waals surface area contributed by atoms with Gasteiger partial charge in [-0.3, -0.25) is 9.69 Å². The van der Waals surface area contributed by atoms with E-state index in [0.29, 0.717) is 17.2 Å². The summed E-state index contributed by atoms with van der Waals surface area (Å²) >= 11 is 0. The van der Waals surface area contributed by atoms with Crippen LogP contribution in [-0.2, 0) is 9.53 Å². The number of hydrogen-bond donors (Lipinski definition) is 0. The second-order valence-corrected chi connectivity index (χ2v) is 6.67. The minimum atomic E-state index is 0.0205. The summed E-state index contributed by atoms with van der Waals surface area (Å²) in [5.74, 6) is 1.25. The van der Waals surface area contributed by atoms with Gasteiger partial charge in [-0.1, -0.05) is 6.07 Å². The molecule has 25 heavy (non-hydrogen) atoms. The molecule has 1 aromatic carbocycles. The number of benzene rings is 1. The van der Waals surface area contributed by atoms with E-state index in [1.54, 1.807) is 24.3 Å². The maximum atomic E-state index is 12.3. The van der Waals surface area contributed by atoms with E-state index in [2.05, 4.69) is 11.0 Å². The molecule has 0 spiro atoms. The Kier molecular flexibility index (Phi) is 6.26. The van der Waals surface area contributed by atoms with Gasteiger partial charge in [0.15, 0.2) is 6.61 Å². The average Bonchev–Trinajstić information content (AvgIpc) is 2.67. The maximum Gasteiger partial charge on any atom is 0.260 e. The van der Waals surface area contributed by atoms with Gasteiger partial charge in [-0.25, -0.2) is 0 Å². The molecule has 0 unspecified atom stereocenters. The van der Waals surface area contributed by atoms with Crippen LogP contribution < -0.4 is 4.74 Å². The van der Waals surface area contributed by atoms with Crippen molar-refractivity contribution in [1.29, 1.82) is 5.26 Å². The second kappa shape index (κ2) is 8.84. The SMILES string of the molecule is N#Cc1cccc(OCC(=O)N2CCC(CN3CCOCC3)CC2)c1. The molecule has 6 heteroatoms. The first-order valence-electron chi connectivity index (χ1n) is 8.95. The quantitative estimate of drug-likeness (QED) is 0.811. The second-order valence-electron chi connectivity index (χ2n) is 6.67. The number of morpholine rings is 1. The molecule has 1 amide bonds. The van der Waals surface area contributed by atoms with Crippen molar-refractivity contribution in [2.24, 2.45) is 5.92 Å². The molecule has 0 radical (unpaired) electrons. The number of likely N-dealkylation sites (tertiary alicyclic amines) is 1. The number of hydrogen-bond acceptors (Lipinski definition) is 5. The number of piperidine rings is 1. The first kappa shape index (κ1) is 17.7. The first-order valence-corrected chi connectivity index (χ1v) is 8.95. The fourth-order valence-electron chi connectivity index (χ4n) is 3.41. The summed E-state index contributed by atoms with van der Waals surface area (Å²) in [7, 11) is 0. The van der Waals surface area contributed by atoms with Crippen molar-refractivity contribution in [3.05, 3.63) is 29.8 Å². The van der Waals surface area contributed by atoms with Gasteiger partial charge >= 0.3 is 0 Å². The summed E-state index contributed by atoms with van der Waals surface area (Å²) in [5.41, 5.74) is 0.536. The van der Waals surface area contributed by atoms with E-state index in [-0.39, 0.29) is 12.5 Å². The molecule has 2 saturated heterocycles. The highest BCUT2D eigenvalue weighted by Crippen LogP contribution is 2.19. The number of carbonyl (C=O) groups is 1. The Morgan fingerprint density at radius 3 is 2.72 bits per heavy atom. The molecule has 0 bridgehead atoms. The molecule has 0 atom stereocenters. The number of rotatable bonds is 5. The summed E-state index contributed by atoms with van der Waals surface area (Å²) < 4.78 is 10.9. The highest BCUT2D eigenvalue weighted by molar-refractivity contribution is 5.77. The minimum absolute atomic E-state index is 0.0205. The lowest BCUT2D eigenvalue weighted by atomic mass is 9.96. The van der Waals surface area contributed by atoms with Crippen molar-refractivity contribution in [2.75, 3.05) is 52.5 Å². The third-order valence-electron chi connectivity index (χ3n) is 4.91. The molecule has 134 valence electrons. The van der Waals surface area contributed by atoms with Crippen molar-refractivity contribution in [1.82, 2.24) is 9.80 Å². The number of ether oxygens (including phenoxy) is 2. The topological polar surface area (TPSA) is 65.8 Å². The zero-order valence-corrected chi connectivity index (χ0v) is 14.5. The molecular weight excluding hydrogens is 318 g/mol. The van der Waals surface area contributed by atoms with Gasteiger partial charge in [0.05, 0.1) is 24.8 Å². The number of nitriles is 1. The van der Waals surface area contributed by atoms with Crippen LogP contribution in [0.2, 0.25) is 0 Å². The van der Waals surface area contributed by atoms with Gasteiger partial charge in [-0.15, -0.1) is 0 Å². The van der Waals surface area contributed by atoms with Crippen LogP contribution in [0, 0.1) is 17.2 Å². The van der Waals surface area contributed by atoms with Crippen molar-refractivity contribution < 1.29 is 14.3 Å². The van der Waals surface area contributed by atoms with Crippen molar-refractivity contribution in [2.45, 2.75) is 12.8 Å². The average molecular weight is 343 g/mol. The summed E-state index contributed by atoms with van der Waals surface area (Å²) in [6.07, 6.45) is 2.10. The monoisotopic (exact) mass is 343 g/mol. The fourth-order valence-corrected chi connectivity index (χ4v) is 3.41. The Morgan fingerprint density at radius 2 is 2.00 bits per heavy atom. The number of carbonyl (C=O) groups excluding carboxylic acids is 1. The lowest BCUT2D eigenvalue weighted by Crippen LogP contribution is -2.45. The van der Waals surface area contributed by atoms with Crippen LogP contribution in [0.5, 0.6) is 5.75 Å². The van der Waals surface area contributed by atoms with Gasteiger partial charge in [0.1, 0.15) is 5.75 Å². The van der Waals surface area contributed by atoms with Crippen molar-refractivity contribution in [3.63, 3.8) is 0 Å². The fraction of sp³-hybridized carbons (Fsp3) is 0.579. The smallest absolute Gasteiger partial charge is 0.260 e. The predicted octanol–water partition coefficient (Wildman–Crippen LogP) is 1.51. The minimum Gasteiger partial charge on any atom is -0.484 e. The molecule has 0 aliphatic carbocycles. The molecule has 0 N–H and O–H groups in total. The first-order chi connectivity index (χ1) is 12.2. The van der Waals surface area contributed by atoms with Crippen molar-refractivity contribution >= 4 is 5.91 Å². The third kappa shape index (κ3) is 5.18. The molecule has 3 rings (SSSR count). The summed E-state index contributed by atoms with van der Waals surface area (Å²) in [6.45, 7) is 6.46. The Labute approximate surface area is 148 Å². The van der Waals surface area contributed by atoms with Gasteiger partial charge in [-0.2, -0.15) is 5.26 Å². The summed E-state index contributed by atoms with van der Waals surface area (Å²) in [5, 5.41) is 8.89. The summed E-state index contributed by atoms with van der Waals surface area (Å²) in [4.78, 5) is 16.7. The van der Waals surface area contributed by atoms with Gasteiger partial charge in [0.2, 0.25) is 0 Å². The van der Waals surface area contributed by atoms with E-state index in [1.165, 1.54) is 0 Å². The van der Waals surface area contributed by atoms with Crippen LogP contribution in [0.3, 0.4) is 0 Å². The number of amides is 1. The van der Waals surface area contributed by atoms with Crippen LogP contribution in [-0.4, -0.2) is 68.3 Å². The van der Waals surface area contributed by atoms with E-state index < -0.39 is 0 Å². The molecule has 2 aliphatic rings. The Hall–Kier alpha value is -2.10. The molecule has 0 aromatic heterocycles. The summed E-state index contributed by atoms with van der Waals surface area (Å²) in [6, 6.07) is 8.97. The maximum absolute atomic E-state index is 12.3. The molecule has 2 fully saturated rings. The Morgan fingerprint density at radius 1 is 1.24 bits per heavy atom. The normalized spacial score (nSPS) is 19.4.